The predicted molar refractivity (Wildman–Crippen MR) is 81.5 cm³/mol. The number of anilines is 2. The van der Waals surface area contributed by atoms with E-state index in [9.17, 15) is 0 Å². The number of aryl methyl sites for hydroxylation is 1. The first-order valence-corrected chi connectivity index (χ1v) is 6.63. The maximum Gasteiger partial charge on any atom is 0.138 e. The van der Waals surface area contributed by atoms with E-state index < -0.39 is 0 Å². The topological polar surface area (TPSA) is 50.7 Å². The maximum absolute atomic E-state index is 6.10. The van der Waals surface area contributed by atoms with Gasteiger partial charge in [0.15, 0.2) is 0 Å². The van der Waals surface area contributed by atoms with Gasteiger partial charge in [0.05, 0.1) is 0 Å². The summed E-state index contributed by atoms with van der Waals surface area (Å²) in [6.45, 7) is 3.72. The van der Waals surface area contributed by atoms with Gasteiger partial charge in [-0.3, -0.25) is 4.98 Å². The number of aromatic nitrogens is 3. The molecule has 20 heavy (non-hydrogen) atoms. The highest BCUT2D eigenvalue weighted by Gasteiger charge is 2.09. The second kappa shape index (κ2) is 5.06. The van der Waals surface area contributed by atoms with Crippen molar-refractivity contribution in [2.75, 3.05) is 5.32 Å². The fraction of sp³-hybridized carbons (Fsp3) is 0.133. The number of nitrogens with one attached hydrogen (secondary N) is 1. The molecule has 0 fully saturated rings. The van der Waals surface area contributed by atoms with Crippen molar-refractivity contribution in [2.24, 2.45) is 0 Å². The largest absolute Gasteiger partial charge is 0.339 e. The fourth-order valence-corrected chi connectivity index (χ4v) is 2.29. The lowest BCUT2D eigenvalue weighted by Gasteiger charge is -2.12. The molecule has 0 atom stereocenters. The van der Waals surface area contributed by atoms with Gasteiger partial charge in [-0.25, -0.2) is 9.97 Å². The maximum atomic E-state index is 6.10. The van der Waals surface area contributed by atoms with Crippen LogP contribution in [-0.4, -0.2) is 15.0 Å². The van der Waals surface area contributed by atoms with E-state index in [0.717, 1.165) is 27.8 Å². The van der Waals surface area contributed by atoms with Crippen LogP contribution in [0.4, 0.5) is 11.5 Å². The van der Waals surface area contributed by atoms with E-state index in [2.05, 4.69) is 20.3 Å². The summed E-state index contributed by atoms with van der Waals surface area (Å²) in [4.78, 5) is 12.7. The van der Waals surface area contributed by atoms with E-state index in [1.54, 1.807) is 6.20 Å². The second-order valence-electron chi connectivity index (χ2n) is 4.56. The SMILES string of the molecule is Cc1nc(Cl)c(C)c(Nc2cccc3cnccc23)n1. The minimum Gasteiger partial charge on any atom is -0.339 e. The van der Waals surface area contributed by atoms with Crippen molar-refractivity contribution in [3.8, 4) is 0 Å². The third kappa shape index (κ3) is 2.30. The zero-order valence-corrected chi connectivity index (χ0v) is 11.9. The van der Waals surface area contributed by atoms with Crippen LogP contribution in [0.1, 0.15) is 11.4 Å². The molecule has 0 aliphatic rings. The van der Waals surface area contributed by atoms with E-state index in [-0.39, 0.29) is 0 Å². The van der Waals surface area contributed by atoms with Gasteiger partial charge in [-0.05, 0) is 26.0 Å². The van der Waals surface area contributed by atoms with Gasteiger partial charge in [-0.15, -0.1) is 0 Å². The molecule has 0 amide bonds. The van der Waals surface area contributed by atoms with Crippen LogP contribution in [-0.2, 0) is 0 Å². The highest BCUT2D eigenvalue weighted by atomic mass is 35.5. The fourth-order valence-electron chi connectivity index (χ4n) is 2.08. The summed E-state index contributed by atoms with van der Waals surface area (Å²) in [5.74, 6) is 1.37. The van der Waals surface area contributed by atoms with Crippen LogP contribution >= 0.6 is 11.6 Å². The highest BCUT2D eigenvalue weighted by molar-refractivity contribution is 6.30. The Morgan fingerprint density at radius 2 is 1.95 bits per heavy atom. The van der Waals surface area contributed by atoms with Crippen molar-refractivity contribution >= 4 is 33.9 Å². The third-order valence-corrected chi connectivity index (χ3v) is 3.50. The molecule has 0 radical (unpaired) electrons. The molecule has 2 heterocycles. The van der Waals surface area contributed by atoms with Crippen molar-refractivity contribution in [2.45, 2.75) is 13.8 Å². The van der Waals surface area contributed by atoms with E-state index in [0.29, 0.717) is 11.0 Å². The minimum atomic E-state index is 0.474. The third-order valence-electron chi connectivity index (χ3n) is 3.13. The Bertz CT molecular complexity index is 781. The molecule has 0 aliphatic carbocycles. The first-order valence-electron chi connectivity index (χ1n) is 6.25. The molecular formula is C15H13ClN4. The number of halogens is 1. The summed E-state index contributed by atoms with van der Waals surface area (Å²) < 4.78 is 0. The molecule has 1 aromatic carbocycles. The number of pyridine rings is 1. The number of benzene rings is 1. The lowest BCUT2D eigenvalue weighted by molar-refractivity contribution is 1.04. The Labute approximate surface area is 121 Å². The number of nitrogens with zero attached hydrogens (tertiary/aromatic N) is 3. The normalized spacial score (nSPS) is 10.8. The van der Waals surface area contributed by atoms with E-state index in [1.807, 2.05) is 44.3 Å². The molecule has 5 heteroatoms. The Morgan fingerprint density at radius 1 is 1.10 bits per heavy atom. The lowest BCUT2D eigenvalue weighted by Crippen LogP contribution is -2.01. The molecular weight excluding hydrogens is 272 g/mol. The molecule has 3 aromatic rings. The van der Waals surface area contributed by atoms with Crippen LogP contribution in [0.25, 0.3) is 10.8 Å². The highest BCUT2D eigenvalue weighted by Crippen LogP contribution is 2.28. The van der Waals surface area contributed by atoms with Gasteiger partial charge in [-0.1, -0.05) is 23.7 Å². The molecule has 1 N–H and O–H groups in total. The first-order chi connectivity index (χ1) is 9.65. The number of hydrogen-bond acceptors (Lipinski definition) is 4. The summed E-state index contributed by atoms with van der Waals surface area (Å²) in [6.07, 6.45) is 3.62. The van der Waals surface area contributed by atoms with E-state index in [1.165, 1.54) is 0 Å². The van der Waals surface area contributed by atoms with Crippen LogP contribution < -0.4 is 5.32 Å². The molecule has 2 aromatic heterocycles. The molecule has 0 bridgehead atoms. The van der Waals surface area contributed by atoms with Gasteiger partial charge < -0.3 is 5.32 Å². The zero-order valence-electron chi connectivity index (χ0n) is 11.2. The average Bonchev–Trinajstić information content (AvgIpc) is 2.44. The quantitative estimate of drug-likeness (QED) is 0.722. The van der Waals surface area contributed by atoms with Crippen molar-refractivity contribution in [3.63, 3.8) is 0 Å². The summed E-state index contributed by atoms with van der Waals surface area (Å²) in [6, 6.07) is 7.99. The molecule has 0 aliphatic heterocycles. The predicted octanol–water partition coefficient (Wildman–Crippen LogP) is 4.04. The number of rotatable bonds is 2. The molecule has 4 nitrogen and oxygen atoms in total. The van der Waals surface area contributed by atoms with Crippen LogP contribution in [0.2, 0.25) is 5.15 Å². The Hall–Kier alpha value is -2.20. The standard InChI is InChI=1S/C15H13ClN4/c1-9-14(16)18-10(2)19-15(9)20-13-5-3-4-11-8-17-7-6-12(11)13/h3-8H,1-2H3,(H,18,19,20). The molecule has 0 unspecified atom stereocenters. The van der Waals surface area contributed by atoms with Gasteiger partial charge in [0.1, 0.15) is 16.8 Å². The van der Waals surface area contributed by atoms with E-state index >= 15 is 0 Å². The van der Waals surface area contributed by atoms with Gasteiger partial charge in [0, 0.05) is 34.4 Å². The van der Waals surface area contributed by atoms with Crippen LogP contribution in [0.5, 0.6) is 0 Å². The van der Waals surface area contributed by atoms with Gasteiger partial charge in [-0.2, -0.15) is 0 Å². The molecule has 0 spiro atoms. The smallest absolute Gasteiger partial charge is 0.138 e. The molecule has 0 saturated carbocycles. The lowest BCUT2D eigenvalue weighted by atomic mass is 10.1. The summed E-state index contributed by atoms with van der Waals surface area (Å²) >= 11 is 6.10. The van der Waals surface area contributed by atoms with Gasteiger partial charge >= 0.3 is 0 Å². The summed E-state index contributed by atoms with van der Waals surface area (Å²) in [7, 11) is 0. The van der Waals surface area contributed by atoms with E-state index in [4.69, 9.17) is 11.6 Å². The van der Waals surface area contributed by atoms with Crippen molar-refractivity contribution in [3.05, 3.63) is 53.2 Å². The van der Waals surface area contributed by atoms with Crippen LogP contribution in [0.15, 0.2) is 36.7 Å². The van der Waals surface area contributed by atoms with Crippen molar-refractivity contribution < 1.29 is 0 Å². The minimum absolute atomic E-state index is 0.474. The first kappa shape index (κ1) is 12.8. The Balaban J connectivity index is 2.10. The summed E-state index contributed by atoms with van der Waals surface area (Å²) in [5.41, 5.74) is 1.81. The zero-order chi connectivity index (χ0) is 14.1. The average molecular weight is 285 g/mol. The number of hydrogen-bond donors (Lipinski definition) is 1. The Morgan fingerprint density at radius 3 is 2.80 bits per heavy atom. The van der Waals surface area contributed by atoms with Gasteiger partial charge in [0.2, 0.25) is 0 Å². The Kier molecular flexibility index (Phi) is 3.24. The monoisotopic (exact) mass is 284 g/mol. The number of fused-ring (bicyclic) bond motifs is 1. The molecule has 3 rings (SSSR count). The molecule has 0 saturated heterocycles. The van der Waals surface area contributed by atoms with Gasteiger partial charge in [0.25, 0.3) is 0 Å². The summed E-state index contributed by atoms with van der Waals surface area (Å²) in [5, 5.41) is 5.98. The van der Waals surface area contributed by atoms with Crippen molar-refractivity contribution in [1.29, 1.82) is 0 Å². The molecule has 100 valence electrons. The van der Waals surface area contributed by atoms with Crippen LogP contribution in [0, 0.1) is 13.8 Å². The van der Waals surface area contributed by atoms with Crippen molar-refractivity contribution in [1.82, 2.24) is 15.0 Å². The van der Waals surface area contributed by atoms with Crippen LogP contribution in [0.3, 0.4) is 0 Å². The second-order valence-corrected chi connectivity index (χ2v) is 4.92.